The average molecular weight is 336 g/mol. The SMILES string of the molecule is CCO[C@@H]1C[C@H](O)C12CCN(C(=O)Nc1c(C)cccc1F)CC2. The predicted octanol–water partition coefficient (Wildman–Crippen LogP) is 2.92. The summed E-state index contributed by atoms with van der Waals surface area (Å²) >= 11 is 0. The summed E-state index contributed by atoms with van der Waals surface area (Å²) in [6, 6.07) is 4.43. The molecule has 0 bridgehead atoms. The molecule has 1 spiro atoms. The predicted molar refractivity (Wildman–Crippen MR) is 89.4 cm³/mol. The van der Waals surface area contributed by atoms with Gasteiger partial charge >= 0.3 is 6.03 Å². The Balaban J connectivity index is 1.61. The van der Waals surface area contributed by atoms with Crippen molar-refractivity contribution in [2.24, 2.45) is 5.41 Å². The fourth-order valence-corrected chi connectivity index (χ4v) is 3.92. The number of piperidine rings is 1. The molecule has 1 saturated heterocycles. The molecule has 2 N–H and O–H groups in total. The quantitative estimate of drug-likeness (QED) is 0.892. The maximum absolute atomic E-state index is 13.9. The number of halogens is 1. The molecule has 1 aliphatic carbocycles. The fourth-order valence-electron chi connectivity index (χ4n) is 3.92. The van der Waals surface area contributed by atoms with Crippen LogP contribution in [0.25, 0.3) is 0 Å². The van der Waals surface area contributed by atoms with Gasteiger partial charge in [-0.2, -0.15) is 0 Å². The van der Waals surface area contributed by atoms with Crippen molar-refractivity contribution in [3.05, 3.63) is 29.6 Å². The lowest BCUT2D eigenvalue weighted by Crippen LogP contribution is -2.63. The van der Waals surface area contributed by atoms with E-state index < -0.39 is 5.82 Å². The number of carbonyl (C=O) groups excluding carboxylic acids is 1. The van der Waals surface area contributed by atoms with Gasteiger partial charge in [0, 0.05) is 31.5 Å². The summed E-state index contributed by atoms with van der Waals surface area (Å²) in [5, 5.41) is 12.9. The van der Waals surface area contributed by atoms with Crippen LogP contribution in [-0.2, 0) is 4.74 Å². The number of aryl methyl sites for hydroxylation is 1. The molecule has 2 amide bonds. The van der Waals surface area contributed by atoms with Gasteiger partial charge in [-0.3, -0.25) is 0 Å². The van der Waals surface area contributed by atoms with Crippen LogP contribution >= 0.6 is 0 Å². The minimum Gasteiger partial charge on any atom is -0.392 e. The van der Waals surface area contributed by atoms with Crippen LogP contribution < -0.4 is 5.32 Å². The standard InChI is InChI=1S/C18H25FN2O3/c1-3-24-15-11-14(22)18(15)7-9-21(10-8-18)17(23)20-16-12(2)5-4-6-13(16)19/h4-6,14-15,22H,3,7-11H2,1-2H3,(H,20,23)/t14-,15+/m0/s1. The van der Waals surface area contributed by atoms with Gasteiger partial charge in [0.2, 0.25) is 0 Å². The summed E-state index contributed by atoms with van der Waals surface area (Å²) in [6.45, 7) is 5.44. The van der Waals surface area contributed by atoms with E-state index in [0.29, 0.717) is 44.5 Å². The van der Waals surface area contributed by atoms with Crippen LogP contribution in [0.4, 0.5) is 14.9 Å². The van der Waals surface area contributed by atoms with Gasteiger partial charge in [0.15, 0.2) is 0 Å². The van der Waals surface area contributed by atoms with Gasteiger partial charge in [-0.05, 0) is 38.3 Å². The second-order valence-corrected chi connectivity index (χ2v) is 6.78. The van der Waals surface area contributed by atoms with Crippen LogP contribution in [0.5, 0.6) is 0 Å². The molecule has 1 aromatic rings. The summed E-state index contributed by atoms with van der Waals surface area (Å²) in [5.41, 5.74) is 0.710. The highest BCUT2D eigenvalue weighted by Gasteiger charge is 2.56. The van der Waals surface area contributed by atoms with Crippen LogP contribution in [-0.4, -0.2) is 47.9 Å². The monoisotopic (exact) mass is 336 g/mol. The minimum absolute atomic E-state index is 0.0801. The van der Waals surface area contributed by atoms with Crippen molar-refractivity contribution in [1.29, 1.82) is 0 Å². The molecular weight excluding hydrogens is 311 g/mol. The molecule has 2 fully saturated rings. The second kappa shape index (κ2) is 6.69. The molecule has 1 aromatic carbocycles. The average Bonchev–Trinajstić information content (AvgIpc) is 2.58. The van der Waals surface area contributed by atoms with Crippen LogP contribution in [0.2, 0.25) is 0 Å². The molecule has 132 valence electrons. The lowest BCUT2D eigenvalue weighted by Gasteiger charge is -2.56. The normalized spacial score (nSPS) is 25.4. The van der Waals surface area contributed by atoms with Crippen molar-refractivity contribution in [3.8, 4) is 0 Å². The first-order valence-corrected chi connectivity index (χ1v) is 8.58. The number of carbonyl (C=O) groups is 1. The zero-order valence-electron chi connectivity index (χ0n) is 14.2. The molecule has 0 radical (unpaired) electrons. The van der Waals surface area contributed by atoms with E-state index in [0.717, 1.165) is 0 Å². The molecule has 5 nitrogen and oxygen atoms in total. The number of ether oxygens (including phenoxy) is 1. The molecule has 0 unspecified atom stereocenters. The molecule has 1 heterocycles. The zero-order valence-corrected chi connectivity index (χ0v) is 14.2. The molecule has 3 rings (SSSR count). The molecule has 24 heavy (non-hydrogen) atoms. The third-order valence-electron chi connectivity index (χ3n) is 5.55. The van der Waals surface area contributed by atoms with E-state index in [4.69, 9.17) is 4.74 Å². The molecule has 1 saturated carbocycles. The zero-order chi connectivity index (χ0) is 17.3. The van der Waals surface area contributed by atoms with Crippen molar-refractivity contribution < 1.29 is 19.0 Å². The number of hydrogen-bond acceptors (Lipinski definition) is 3. The van der Waals surface area contributed by atoms with Gasteiger partial charge in [-0.25, -0.2) is 9.18 Å². The number of hydrogen-bond donors (Lipinski definition) is 2. The van der Waals surface area contributed by atoms with Crippen molar-refractivity contribution in [2.75, 3.05) is 25.0 Å². The van der Waals surface area contributed by atoms with Gasteiger partial charge in [0.1, 0.15) is 5.82 Å². The topological polar surface area (TPSA) is 61.8 Å². The molecule has 2 atom stereocenters. The molecule has 0 aromatic heterocycles. The van der Waals surface area contributed by atoms with E-state index in [1.54, 1.807) is 24.0 Å². The van der Waals surface area contributed by atoms with Gasteiger partial charge in [0.05, 0.1) is 17.9 Å². The van der Waals surface area contributed by atoms with E-state index in [-0.39, 0.29) is 29.3 Å². The summed E-state index contributed by atoms with van der Waals surface area (Å²) in [7, 11) is 0. The third-order valence-corrected chi connectivity index (χ3v) is 5.55. The number of aliphatic hydroxyl groups excluding tert-OH is 1. The molecule has 6 heteroatoms. The Morgan fingerprint density at radius 2 is 2.17 bits per heavy atom. The van der Waals surface area contributed by atoms with Crippen LogP contribution in [0.3, 0.4) is 0 Å². The first kappa shape index (κ1) is 17.2. The van der Waals surface area contributed by atoms with E-state index in [2.05, 4.69) is 5.32 Å². The summed E-state index contributed by atoms with van der Waals surface area (Å²) in [4.78, 5) is 14.1. The molecule has 2 aliphatic rings. The number of likely N-dealkylation sites (tertiary alicyclic amines) is 1. The Labute approximate surface area is 141 Å². The number of aliphatic hydroxyl groups is 1. The Hall–Kier alpha value is -1.66. The lowest BCUT2D eigenvalue weighted by atomic mass is 9.58. The summed E-state index contributed by atoms with van der Waals surface area (Å²) in [6.07, 6.45) is 1.82. The smallest absolute Gasteiger partial charge is 0.321 e. The molecule has 1 aliphatic heterocycles. The molecular formula is C18H25FN2O3. The maximum Gasteiger partial charge on any atom is 0.321 e. The Kier molecular flexibility index (Phi) is 4.78. The number of para-hydroxylation sites is 1. The largest absolute Gasteiger partial charge is 0.392 e. The summed E-state index contributed by atoms with van der Waals surface area (Å²) in [5.74, 6) is -0.428. The van der Waals surface area contributed by atoms with Crippen LogP contribution in [0, 0.1) is 18.2 Å². The Morgan fingerprint density at radius 1 is 1.46 bits per heavy atom. The van der Waals surface area contributed by atoms with Gasteiger partial charge in [0.25, 0.3) is 0 Å². The number of benzene rings is 1. The van der Waals surface area contributed by atoms with Gasteiger partial charge < -0.3 is 20.1 Å². The van der Waals surface area contributed by atoms with Gasteiger partial charge in [-0.15, -0.1) is 0 Å². The van der Waals surface area contributed by atoms with E-state index in [9.17, 15) is 14.3 Å². The highest BCUT2D eigenvalue weighted by atomic mass is 19.1. The minimum atomic E-state index is -0.428. The lowest BCUT2D eigenvalue weighted by molar-refractivity contribution is -0.207. The number of amides is 2. The highest BCUT2D eigenvalue weighted by molar-refractivity contribution is 5.90. The maximum atomic E-state index is 13.9. The second-order valence-electron chi connectivity index (χ2n) is 6.78. The van der Waals surface area contributed by atoms with Gasteiger partial charge in [-0.1, -0.05) is 12.1 Å². The fraction of sp³-hybridized carbons (Fsp3) is 0.611. The Bertz CT molecular complexity index is 592. The van der Waals surface area contributed by atoms with Crippen LogP contribution in [0.15, 0.2) is 18.2 Å². The first-order chi connectivity index (χ1) is 11.5. The number of rotatable bonds is 3. The number of nitrogens with one attached hydrogen (secondary N) is 1. The van der Waals surface area contributed by atoms with E-state index >= 15 is 0 Å². The number of urea groups is 1. The van der Waals surface area contributed by atoms with Crippen molar-refractivity contribution in [2.45, 2.75) is 45.3 Å². The van der Waals surface area contributed by atoms with E-state index in [1.807, 2.05) is 6.92 Å². The Morgan fingerprint density at radius 3 is 2.75 bits per heavy atom. The number of anilines is 1. The first-order valence-electron chi connectivity index (χ1n) is 8.58. The number of nitrogens with zero attached hydrogens (tertiary/aromatic N) is 1. The van der Waals surface area contributed by atoms with Crippen molar-refractivity contribution in [1.82, 2.24) is 4.90 Å². The third kappa shape index (κ3) is 2.89. The van der Waals surface area contributed by atoms with E-state index in [1.165, 1.54) is 6.07 Å². The van der Waals surface area contributed by atoms with Crippen LogP contribution in [0.1, 0.15) is 31.7 Å². The van der Waals surface area contributed by atoms with Crippen molar-refractivity contribution >= 4 is 11.7 Å². The summed E-state index contributed by atoms with van der Waals surface area (Å²) < 4.78 is 19.6. The van der Waals surface area contributed by atoms with Crippen molar-refractivity contribution in [3.63, 3.8) is 0 Å². The highest BCUT2D eigenvalue weighted by Crippen LogP contribution is 2.50.